The van der Waals surface area contributed by atoms with Crippen molar-refractivity contribution in [2.75, 3.05) is 17.2 Å². The number of aryl methyl sites for hydroxylation is 1. The molecule has 1 aliphatic heterocycles. The van der Waals surface area contributed by atoms with Crippen molar-refractivity contribution in [3.8, 4) is 11.5 Å². The number of carbonyl (C=O) groups excluding carboxylic acids is 1. The summed E-state index contributed by atoms with van der Waals surface area (Å²) in [5, 5.41) is 25.8. The molecule has 4 aromatic rings. The second-order valence-electron chi connectivity index (χ2n) is 8.44. The molecule has 0 radical (unpaired) electrons. The number of hydrogen-bond acceptors (Lipinski definition) is 7. The topological polar surface area (TPSA) is 138 Å². The Balaban J connectivity index is 1.57. The van der Waals surface area contributed by atoms with Gasteiger partial charge >= 0.3 is 7.12 Å². The highest BCUT2D eigenvalue weighted by atomic mass is 16.4. The van der Waals surface area contributed by atoms with Crippen LogP contribution in [0.4, 0.5) is 11.6 Å². The summed E-state index contributed by atoms with van der Waals surface area (Å²) in [4.78, 5) is 21.6. The van der Waals surface area contributed by atoms with Crippen molar-refractivity contribution < 1.29 is 14.8 Å². The fraction of sp³-hybridized carbons (Fsp3) is 0.208. The van der Waals surface area contributed by atoms with Crippen LogP contribution in [0.1, 0.15) is 33.5 Å². The van der Waals surface area contributed by atoms with Gasteiger partial charge < -0.3 is 30.8 Å². The molecule has 4 heterocycles. The molecule has 0 unspecified atom stereocenters. The molecular weight excluding hydrogens is 431 g/mol. The van der Waals surface area contributed by atoms with Crippen LogP contribution in [0.15, 0.2) is 48.7 Å². The van der Waals surface area contributed by atoms with E-state index >= 15 is 0 Å². The van der Waals surface area contributed by atoms with Gasteiger partial charge in [0, 0.05) is 24.8 Å². The van der Waals surface area contributed by atoms with E-state index in [1.807, 2.05) is 29.7 Å². The normalized spacial score (nSPS) is 12.8. The highest BCUT2D eigenvalue weighted by Gasteiger charge is 2.22. The van der Waals surface area contributed by atoms with Crippen LogP contribution in [-0.2, 0) is 13.0 Å². The average molecular weight is 456 g/mol. The third-order valence-electron chi connectivity index (χ3n) is 6.09. The zero-order chi connectivity index (χ0) is 23.8. The fourth-order valence-electron chi connectivity index (χ4n) is 4.46. The summed E-state index contributed by atoms with van der Waals surface area (Å²) in [7, 11) is -1.52. The van der Waals surface area contributed by atoms with Crippen molar-refractivity contribution >= 4 is 35.6 Å². The molecule has 172 valence electrons. The number of aromatic nitrogens is 3. The first-order valence-electron chi connectivity index (χ1n) is 11.2. The second kappa shape index (κ2) is 8.81. The molecule has 0 aliphatic carbocycles. The van der Waals surface area contributed by atoms with E-state index in [-0.39, 0.29) is 0 Å². The lowest BCUT2D eigenvalue weighted by Gasteiger charge is -2.21. The zero-order valence-corrected chi connectivity index (χ0v) is 18.7. The Morgan fingerprint density at radius 3 is 2.88 bits per heavy atom. The minimum atomic E-state index is -1.52. The van der Waals surface area contributed by atoms with E-state index < -0.39 is 13.0 Å². The number of carbonyl (C=O) groups is 1. The summed E-state index contributed by atoms with van der Waals surface area (Å²) < 4.78 is 1.90. The summed E-state index contributed by atoms with van der Waals surface area (Å²) >= 11 is 0. The molecular formula is C24H25BN6O3. The van der Waals surface area contributed by atoms with Crippen LogP contribution in [0.5, 0.6) is 0 Å². The third kappa shape index (κ3) is 3.97. The Bertz CT molecular complexity index is 1400. The minimum Gasteiger partial charge on any atom is -0.423 e. The van der Waals surface area contributed by atoms with Crippen LogP contribution in [0, 0.1) is 6.92 Å². The molecule has 0 atom stereocenters. The minimum absolute atomic E-state index is 0.437. The molecule has 1 aliphatic rings. The van der Waals surface area contributed by atoms with E-state index in [9.17, 15) is 14.8 Å². The lowest BCUT2D eigenvalue weighted by atomic mass is 9.79. The number of nitrogens with zero attached hydrogens (tertiary/aromatic N) is 3. The summed E-state index contributed by atoms with van der Waals surface area (Å²) in [5.41, 5.74) is 10.8. The van der Waals surface area contributed by atoms with Gasteiger partial charge in [0.25, 0.3) is 5.91 Å². The number of benzene rings is 1. The van der Waals surface area contributed by atoms with E-state index in [1.54, 1.807) is 30.3 Å². The van der Waals surface area contributed by atoms with Gasteiger partial charge in [-0.1, -0.05) is 24.3 Å². The van der Waals surface area contributed by atoms with E-state index in [0.717, 1.165) is 53.4 Å². The lowest BCUT2D eigenvalue weighted by Crippen LogP contribution is -2.30. The van der Waals surface area contributed by atoms with Crippen molar-refractivity contribution in [2.24, 2.45) is 5.73 Å². The molecule has 5 rings (SSSR count). The Morgan fingerprint density at radius 2 is 2.09 bits per heavy atom. The zero-order valence-electron chi connectivity index (χ0n) is 18.7. The van der Waals surface area contributed by atoms with Crippen LogP contribution in [0.25, 0.3) is 17.0 Å². The van der Waals surface area contributed by atoms with Gasteiger partial charge in [-0.15, -0.1) is 0 Å². The van der Waals surface area contributed by atoms with Crippen molar-refractivity contribution in [2.45, 2.75) is 26.3 Å². The molecule has 6 N–H and O–H groups in total. The number of fused-ring (bicyclic) bond motifs is 2. The van der Waals surface area contributed by atoms with Gasteiger partial charge in [-0.05, 0) is 54.6 Å². The fourth-order valence-corrected chi connectivity index (χ4v) is 4.46. The quantitative estimate of drug-likeness (QED) is 0.277. The van der Waals surface area contributed by atoms with E-state index in [1.165, 1.54) is 0 Å². The highest BCUT2D eigenvalue weighted by Crippen LogP contribution is 2.32. The number of amides is 1. The van der Waals surface area contributed by atoms with E-state index in [4.69, 9.17) is 15.7 Å². The summed E-state index contributed by atoms with van der Waals surface area (Å²) in [5.74, 6) is 1.57. The van der Waals surface area contributed by atoms with Crippen molar-refractivity contribution in [3.05, 3.63) is 70.9 Å². The van der Waals surface area contributed by atoms with Crippen LogP contribution in [0.3, 0.4) is 0 Å². The average Bonchev–Trinajstić information content (AvgIpc) is 3.18. The Morgan fingerprint density at radius 1 is 1.24 bits per heavy atom. The van der Waals surface area contributed by atoms with Crippen LogP contribution in [-0.4, -0.2) is 44.0 Å². The molecule has 9 nitrogen and oxygen atoms in total. The van der Waals surface area contributed by atoms with Gasteiger partial charge in [-0.2, -0.15) is 0 Å². The predicted octanol–water partition coefficient (Wildman–Crippen LogP) is 1.45. The molecule has 0 bridgehead atoms. The van der Waals surface area contributed by atoms with Gasteiger partial charge in [-0.3, -0.25) is 4.79 Å². The van der Waals surface area contributed by atoms with Gasteiger partial charge in [-0.25, -0.2) is 9.97 Å². The van der Waals surface area contributed by atoms with Crippen molar-refractivity contribution in [1.82, 2.24) is 14.4 Å². The number of anilines is 2. The standard InChI is InChI=1S/C24H25BN6O3/c1-14-11-19-17(21(26)32)8-4-10-31(19)20(14)24-29-22-18(7-3-9-27-22)23(30-24)28-13-15-5-2-6-16(12-15)25(33)34/h2,4-6,8,10-12,33-34H,3,7,9,13H2,1H3,(H2,26,32)(H2,27,28,29,30). The van der Waals surface area contributed by atoms with E-state index in [2.05, 4.69) is 10.6 Å². The molecule has 10 heteroatoms. The summed E-state index contributed by atoms with van der Waals surface area (Å²) in [6, 6.07) is 12.5. The maximum Gasteiger partial charge on any atom is 0.488 e. The number of pyridine rings is 1. The summed E-state index contributed by atoms with van der Waals surface area (Å²) in [6.45, 7) is 3.25. The summed E-state index contributed by atoms with van der Waals surface area (Å²) in [6.07, 6.45) is 3.70. The van der Waals surface area contributed by atoms with Gasteiger partial charge in [0.2, 0.25) is 0 Å². The number of rotatable bonds is 6. The maximum absolute atomic E-state index is 11.9. The maximum atomic E-state index is 11.9. The Labute approximate surface area is 196 Å². The highest BCUT2D eigenvalue weighted by molar-refractivity contribution is 6.58. The molecule has 34 heavy (non-hydrogen) atoms. The lowest BCUT2D eigenvalue weighted by molar-refractivity contribution is 0.100. The number of primary amides is 1. The molecule has 3 aromatic heterocycles. The largest absolute Gasteiger partial charge is 0.488 e. The van der Waals surface area contributed by atoms with Crippen LogP contribution in [0.2, 0.25) is 0 Å². The molecule has 1 aromatic carbocycles. The molecule has 1 amide bonds. The predicted molar refractivity (Wildman–Crippen MR) is 132 cm³/mol. The number of hydrogen-bond donors (Lipinski definition) is 5. The number of nitrogens with one attached hydrogen (secondary N) is 2. The third-order valence-corrected chi connectivity index (χ3v) is 6.09. The number of nitrogens with two attached hydrogens (primary N) is 1. The SMILES string of the molecule is Cc1cc2c(C(N)=O)cccn2c1-c1nc2c(c(NCc3cccc(B(O)O)c3)n1)CCCN2. The van der Waals surface area contributed by atoms with Crippen LogP contribution < -0.4 is 21.8 Å². The van der Waals surface area contributed by atoms with Gasteiger partial charge in [0.05, 0.1) is 16.8 Å². The Kier molecular flexibility index (Phi) is 5.68. The molecule has 0 saturated carbocycles. The van der Waals surface area contributed by atoms with E-state index in [0.29, 0.717) is 28.9 Å². The molecule has 0 saturated heterocycles. The Hall–Kier alpha value is -3.89. The first-order valence-corrected chi connectivity index (χ1v) is 11.2. The first-order chi connectivity index (χ1) is 16.4. The van der Waals surface area contributed by atoms with Gasteiger partial charge in [0.1, 0.15) is 11.6 Å². The van der Waals surface area contributed by atoms with Crippen molar-refractivity contribution in [1.29, 1.82) is 0 Å². The molecule has 0 spiro atoms. The molecule has 0 fully saturated rings. The second-order valence-corrected chi connectivity index (χ2v) is 8.44. The van der Waals surface area contributed by atoms with Crippen molar-refractivity contribution in [3.63, 3.8) is 0 Å². The van der Waals surface area contributed by atoms with Crippen LogP contribution >= 0.6 is 0 Å². The van der Waals surface area contributed by atoms with Gasteiger partial charge in [0.15, 0.2) is 5.82 Å². The smallest absolute Gasteiger partial charge is 0.423 e. The first kappa shape index (κ1) is 21.9. The monoisotopic (exact) mass is 456 g/mol.